The third kappa shape index (κ3) is 4.63. The Balaban J connectivity index is 2.47. The molecule has 7 heteroatoms. The first-order valence-corrected chi connectivity index (χ1v) is 9.42. The van der Waals surface area contributed by atoms with E-state index in [1.54, 1.807) is 27.8 Å². The standard InChI is InChI=1S/C21H31FN2O4/c1-20(2,3)18-23(7)17(26)16(24(18)19(27)28-21(4,5)6)11-14-10-13(12-25)8-9-15(14)22/h8-10,16,18,25H,11-12H2,1-7H3/t16-,18-/m0/s1. The van der Waals surface area contributed by atoms with Gasteiger partial charge in [0.2, 0.25) is 5.91 Å². The van der Waals surface area contributed by atoms with Gasteiger partial charge in [0, 0.05) is 18.9 Å². The van der Waals surface area contributed by atoms with Crippen LogP contribution >= 0.6 is 0 Å². The van der Waals surface area contributed by atoms with Gasteiger partial charge in [-0.25, -0.2) is 9.18 Å². The fraction of sp³-hybridized carbons (Fsp3) is 0.619. The molecule has 1 aliphatic rings. The van der Waals surface area contributed by atoms with E-state index >= 15 is 0 Å². The lowest BCUT2D eigenvalue weighted by atomic mass is 9.91. The van der Waals surface area contributed by atoms with Crippen LogP contribution in [0.25, 0.3) is 0 Å². The summed E-state index contributed by atoms with van der Waals surface area (Å²) in [6.45, 7) is 10.9. The Labute approximate surface area is 166 Å². The number of hydrogen-bond acceptors (Lipinski definition) is 4. The Kier molecular flexibility index (Phi) is 6.09. The molecule has 1 fully saturated rings. The molecule has 0 radical (unpaired) electrons. The first kappa shape index (κ1) is 22.1. The zero-order valence-electron chi connectivity index (χ0n) is 17.7. The molecule has 2 rings (SSSR count). The number of aliphatic hydroxyl groups is 1. The highest BCUT2D eigenvalue weighted by Gasteiger charge is 2.52. The predicted octanol–water partition coefficient (Wildman–Crippen LogP) is 3.31. The SMILES string of the molecule is CN1C(=O)[C@H](Cc2cc(CO)ccc2F)N(C(=O)OC(C)(C)C)[C@H]1C(C)(C)C. The van der Waals surface area contributed by atoms with Crippen LogP contribution in [0.4, 0.5) is 9.18 Å². The van der Waals surface area contributed by atoms with Crippen molar-refractivity contribution in [3.8, 4) is 0 Å². The van der Waals surface area contributed by atoms with Crippen molar-refractivity contribution in [1.29, 1.82) is 0 Å². The second kappa shape index (κ2) is 7.70. The molecule has 1 aromatic rings. The molecular formula is C21H31FN2O4. The molecular weight excluding hydrogens is 363 g/mol. The topological polar surface area (TPSA) is 70.1 Å². The average molecular weight is 394 g/mol. The van der Waals surface area contributed by atoms with E-state index in [9.17, 15) is 19.1 Å². The van der Waals surface area contributed by atoms with Gasteiger partial charge in [0.15, 0.2) is 0 Å². The van der Waals surface area contributed by atoms with Crippen LogP contribution in [0.5, 0.6) is 0 Å². The molecule has 1 N–H and O–H groups in total. The molecule has 0 saturated carbocycles. The third-order valence-corrected chi connectivity index (χ3v) is 4.68. The molecule has 1 saturated heterocycles. The molecule has 2 amide bonds. The summed E-state index contributed by atoms with van der Waals surface area (Å²) in [5, 5.41) is 9.34. The summed E-state index contributed by atoms with van der Waals surface area (Å²) in [4.78, 5) is 29.0. The lowest BCUT2D eigenvalue weighted by Gasteiger charge is -2.39. The molecule has 0 spiro atoms. The van der Waals surface area contributed by atoms with E-state index in [0.717, 1.165) is 0 Å². The number of aliphatic hydroxyl groups excluding tert-OH is 1. The highest BCUT2D eigenvalue weighted by molar-refractivity contribution is 5.89. The van der Waals surface area contributed by atoms with Gasteiger partial charge < -0.3 is 14.7 Å². The van der Waals surface area contributed by atoms with Crippen molar-refractivity contribution in [2.75, 3.05) is 7.05 Å². The van der Waals surface area contributed by atoms with E-state index in [2.05, 4.69) is 0 Å². The zero-order chi connectivity index (χ0) is 21.4. The van der Waals surface area contributed by atoms with Crippen LogP contribution in [0, 0.1) is 11.2 Å². The number of amides is 2. The monoisotopic (exact) mass is 394 g/mol. The van der Waals surface area contributed by atoms with E-state index < -0.39 is 35.1 Å². The fourth-order valence-electron chi connectivity index (χ4n) is 3.65. The Morgan fingerprint density at radius 1 is 1.21 bits per heavy atom. The van der Waals surface area contributed by atoms with E-state index in [-0.39, 0.29) is 24.5 Å². The molecule has 0 unspecified atom stereocenters. The smallest absolute Gasteiger partial charge is 0.412 e. The number of likely N-dealkylation sites (N-methyl/N-ethyl adjacent to an activating group) is 1. The normalized spacial score (nSPS) is 20.7. The first-order chi connectivity index (χ1) is 12.8. The summed E-state index contributed by atoms with van der Waals surface area (Å²) in [6.07, 6.45) is -1.12. The number of nitrogens with zero attached hydrogens (tertiary/aromatic N) is 2. The minimum Gasteiger partial charge on any atom is -0.444 e. The molecule has 0 aliphatic carbocycles. The summed E-state index contributed by atoms with van der Waals surface area (Å²) in [5.41, 5.74) is -0.328. The van der Waals surface area contributed by atoms with Gasteiger partial charge in [0.05, 0.1) is 6.61 Å². The highest BCUT2D eigenvalue weighted by atomic mass is 19.1. The molecule has 156 valence electrons. The van der Waals surface area contributed by atoms with E-state index in [1.165, 1.54) is 28.0 Å². The second-order valence-corrected chi connectivity index (χ2v) is 9.38. The summed E-state index contributed by atoms with van der Waals surface area (Å²) in [7, 11) is 1.65. The van der Waals surface area contributed by atoms with Gasteiger partial charge in [-0.1, -0.05) is 32.9 Å². The molecule has 1 aromatic carbocycles. The second-order valence-electron chi connectivity index (χ2n) is 9.38. The van der Waals surface area contributed by atoms with Gasteiger partial charge in [0.25, 0.3) is 0 Å². The van der Waals surface area contributed by atoms with Gasteiger partial charge in [-0.05, 0) is 38.0 Å². The summed E-state index contributed by atoms with van der Waals surface area (Å²) >= 11 is 0. The van der Waals surface area contributed by atoms with E-state index in [0.29, 0.717) is 5.56 Å². The predicted molar refractivity (Wildman–Crippen MR) is 104 cm³/mol. The van der Waals surface area contributed by atoms with E-state index in [1.807, 2.05) is 20.8 Å². The number of carbonyl (C=O) groups excluding carboxylic acids is 2. The minimum atomic E-state index is -0.882. The quantitative estimate of drug-likeness (QED) is 0.854. The van der Waals surface area contributed by atoms with Crippen LogP contribution in [0.15, 0.2) is 18.2 Å². The third-order valence-electron chi connectivity index (χ3n) is 4.68. The maximum Gasteiger partial charge on any atom is 0.412 e. The molecule has 28 heavy (non-hydrogen) atoms. The lowest BCUT2D eigenvalue weighted by Crippen LogP contribution is -2.52. The van der Waals surface area contributed by atoms with Crippen LogP contribution in [-0.2, 0) is 22.6 Å². The van der Waals surface area contributed by atoms with Crippen LogP contribution < -0.4 is 0 Å². The number of rotatable bonds is 3. The summed E-state index contributed by atoms with van der Waals surface area (Å²) in [5.74, 6) is -0.740. The van der Waals surface area contributed by atoms with E-state index in [4.69, 9.17) is 4.74 Å². The van der Waals surface area contributed by atoms with Crippen molar-refractivity contribution in [1.82, 2.24) is 9.80 Å². The molecule has 1 heterocycles. The van der Waals surface area contributed by atoms with Crippen molar-refractivity contribution >= 4 is 12.0 Å². The molecule has 0 aromatic heterocycles. The minimum absolute atomic E-state index is 0.00860. The number of hydrogen-bond donors (Lipinski definition) is 1. The summed E-state index contributed by atoms with van der Waals surface area (Å²) in [6, 6.07) is 3.40. The number of ether oxygens (including phenoxy) is 1. The van der Waals surface area contributed by atoms with Crippen LogP contribution in [0.3, 0.4) is 0 Å². The van der Waals surface area contributed by atoms with Crippen LogP contribution in [-0.4, -0.2) is 51.8 Å². The Morgan fingerprint density at radius 2 is 1.82 bits per heavy atom. The highest BCUT2D eigenvalue weighted by Crippen LogP contribution is 2.36. The van der Waals surface area contributed by atoms with Gasteiger partial charge >= 0.3 is 6.09 Å². The molecule has 0 bridgehead atoms. The van der Waals surface area contributed by atoms with Crippen molar-refractivity contribution in [2.45, 2.75) is 72.4 Å². The lowest BCUT2D eigenvalue weighted by molar-refractivity contribution is -0.129. The Morgan fingerprint density at radius 3 is 2.32 bits per heavy atom. The van der Waals surface area contributed by atoms with Crippen molar-refractivity contribution < 1.29 is 23.8 Å². The molecule has 2 atom stereocenters. The van der Waals surface area contributed by atoms with Crippen molar-refractivity contribution in [2.24, 2.45) is 5.41 Å². The van der Waals surface area contributed by atoms with Crippen LogP contribution in [0.2, 0.25) is 0 Å². The largest absolute Gasteiger partial charge is 0.444 e. The van der Waals surface area contributed by atoms with Gasteiger partial charge in [-0.15, -0.1) is 0 Å². The number of carbonyl (C=O) groups is 2. The molecule has 6 nitrogen and oxygen atoms in total. The maximum absolute atomic E-state index is 14.4. The summed E-state index contributed by atoms with van der Waals surface area (Å²) < 4.78 is 19.9. The average Bonchev–Trinajstić information content (AvgIpc) is 2.80. The van der Waals surface area contributed by atoms with Crippen molar-refractivity contribution in [3.05, 3.63) is 35.1 Å². The first-order valence-electron chi connectivity index (χ1n) is 9.42. The Bertz CT molecular complexity index is 752. The van der Waals surface area contributed by atoms with Crippen LogP contribution in [0.1, 0.15) is 52.7 Å². The number of benzene rings is 1. The fourth-order valence-corrected chi connectivity index (χ4v) is 3.65. The Hall–Kier alpha value is -2.15. The zero-order valence-corrected chi connectivity index (χ0v) is 17.7. The molecule has 1 aliphatic heterocycles. The van der Waals surface area contributed by atoms with Crippen molar-refractivity contribution in [3.63, 3.8) is 0 Å². The van der Waals surface area contributed by atoms with Gasteiger partial charge in [-0.2, -0.15) is 0 Å². The maximum atomic E-state index is 14.4. The number of halogens is 1. The van der Waals surface area contributed by atoms with Gasteiger partial charge in [-0.3, -0.25) is 9.69 Å². The van der Waals surface area contributed by atoms with Gasteiger partial charge in [0.1, 0.15) is 23.6 Å².